The lowest BCUT2D eigenvalue weighted by Crippen LogP contribution is -1.89. The summed E-state index contributed by atoms with van der Waals surface area (Å²) in [5.41, 5.74) is 8.09. The van der Waals surface area contributed by atoms with Crippen LogP contribution in [-0.4, -0.2) is 15.4 Å². The van der Waals surface area contributed by atoms with Crippen molar-refractivity contribution in [2.24, 2.45) is 0 Å². The summed E-state index contributed by atoms with van der Waals surface area (Å²) in [5.74, 6) is 0. The summed E-state index contributed by atoms with van der Waals surface area (Å²) in [6, 6.07) is 9.27. The van der Waals surface area contributed by atoms with Gasteiger partial charge in [-0.3, -0.25) is 0 Å². The van der Waals surface area contributed by atoms with E-state index in [1.807, 2.05) is 24.3 Å². The molecule has 0 radical (unpaired) electrons. The number of nitrogens with two attached hydrogens (primary N) is 1. The molecule has 2 rings (SSSR count). The number of hydrogen-bond donors (Lipinski definition) is 1. The summed E-state index contributed by atoms with van der Waals surface area (Å²) < 4.78 is 0. The first-order chi connectivity index (χ1) is 6.36. The van der Waals surface area contributed by atoms with E-state index < -0.39 is 0 Å². The van der Waals surface area contributed by atoms with Crippen LogP contribution in [0.4, 0.5) is 5.69 Å². The predicted octanol–water partition coefficient (Wildman–Crippen LogP) is 1.12. The van der Waals surface area contributed by atoms with Crippen LogP contribution in [0.25, 0.3) is 11.3 Å². The Kier molecular flexibility index (Phi) is 1.88. The van der Waals surface area contributed by atoms with Gasteiger partial charge in [-0.1, -0.05) is 12.1 Å². The molecule has 1 aromatic heterocycles. The molecule has 0 saturated heterocycles. The van der Waals surface area contributed by atoms with E-state index in [1.165, 1.54) is 0 Å². The highest BCUT2D eigenvalue weighted by Crippen LogP contribution is 2.16. The van der Waals surface area contributed by atoms with Gasteiger partial charge in [0.25, 0.3) is 0 Å². The number of anilines is 1. The number of hydrogen-bond acceptors (Lipinski definition) is 4. The fourth-order valence-corrected chi connectivity index (χ4v) is 1.05. The Morgan fingerprint density at radius 2 is 1.77 bits per heavy atom. The molecule has 0 saturated carbocycles. The minimum absolute atomic E-state index is 0.741. The molecule has 1 heterocycles. The Labute approximate surface area is 75.4 Å². The van der Waals surface area contributed by atoms with Gasteiger partial charge in [-0.05, 0) is 23.4 Å². The second-order valence-electron chi connectivity index (χ2n) is 2.63. The Morgan fingerprint density at radius 1 is 1.00 bits per heavy atom. The maximum absolute atomic E-state index is 5.56. The van der Waals surface area contributed by atoms with E-state index in [0.717, 1.165) is 16.9 Å². The zero-order valence-electron chi connectivity index (χ0n) is 6.88. The highest BCUT2D eigenvalue weighted by atomic mass is 15.3. The summed E-state index contributed by atoms with van der Waals surface area (Å²) in [7, 11) is 0. The van der Waals surface area contributed by atoms with E-state index in [4.69, 9.17) is 5.73 Å². The molecule has 0 spiro atoms. The van der Waals surface area contributed by atoms with Gasteiger partial charge in [-0.15, -0.1) is 10.2 Å². The van der Waals surface area contributed by atoms with Gasteiger partial charge < -0.3 is 5.73 Å². The highest BCUT2D eigenvalue weighted by molar-refractivity contribution is 5.60. The van der Waals surface area contributed by atoms with Crippen molar-refractivity contribution in [1.29, 1.82) is 0 Å². The Hall–Kier alpha value is -1.97. The third kappa shape index (κ3) is 1.61. The molecule has 0 atom stereocenters. The van der Waals surface area contributed by atoms with Gasteiger partial charge in [-0.25, -0.2) is 0 Å². The first-order valence-electron chi connectivity index (χ1n) is 3.86. The maximum atomic E-state index is 5.56. The first-order valence-corrected chi connectivity index (χ1v) is 3.86. The van der Waals surface area contributed by atoms with Gasteiger partial charge in [-0.2, -0.15) is 0 Å². The van der Waals surface area contributed by atoms with Crippen LogP contribution >= 0.6 is 0 Å². The largest absolute Gasteiger partial charge is 0.399 e. The lowest BCUT2D eigenvalue weighted by Gasteiger charge is -1.98. The molecule has 2 aromatic rings. The van der Waals surface area contributed by atoms with E-state index >= 15 is 0 Å². The van der Waals surface area contributed by atoms with Gasteiger partial charge in [0.2, 0.25) is 0 Å². The molecule has 13 heavy (non-hydrogen) atoms. The third-order valence-electron chi connectivity index (χ3n) is 1.71. The second-order valence-corrected chi connectivity index (χ2v) is 2.63. The van der Waals surface area contributed by atoms with E-state index in [2.05, 4.69) is 15.4 Å². The van der Waals surface area contributed by atoms with E-state index in [0.29, 0.717) is 0 Å². The van der Waals surface area contributed by atoms with Crippen molar-refractivity contribution in [2.75, 3.05) is 5.73 Å². The lowest BCUT2D eigenvalue weighted by molar-refractivity contribution is 0.870. The van der Waals surface area contributed by atoms with E-state index in [9.17, 15) is 0 Å². The molecule has 4 nitrogen and oxygen atoms in total. The summed E-state index contributed by atoms with van der Waals surface area (Å²) >= 11 is 0. The van der Waals surface area contributed by atoms with Crippen molar-refractivity contribution in [3.05, 3.63) is 36.5 Å². The van der Waals surface area contributed by atoms with E-state index in [-0.39, 0.29) is 0 Å². The van der Waals surface area contributed by atoms with Crippen LogP contribution in [-0.2, 0) is 0 Å². The Balaban J connectivity index is 2.42. The quantitative estimate of drug-likeness (QED) is 0.654. The summed E-state index contributed by atoms with van der Waals surface area (Å²) in [6.45, 7) is 0. The van der Waals surface area contributed by atoms with Gasteiger partial charge >= 0.3 is 0 Å². The van der Waals surface area contributed by atoms with Crippen LogP contribution in [0.1, 0.15) is 0 Å². The van der Waals surface area contributed by atoms with Gasteiger partial charge in [0.15, 0.2) is 0 Å². The number of benzene rings is 1. The molecule has 0 unspecified atom stereocenters. The molecule has 2 N–H and O–H groups in total. The fourth-order valence-electron chi connectivity index (χ4n) is 1.05. The molecule has 0 bridgehead atoms. The van der Waals surface area contributed by atoms with Crippen LogP contribution < -0.4 is 5.73 Å². The van der Waals surface area contributed by atoms with Crippen LogP contribution in [0.3, 0.4) is 0 Å². The summed E-state index contributed by atoms with van der Waals surface area (Å²) in [4.78, 5) is 0. The number of nitrogens with zero attached hydrogens (tertiary/aromatic N) is 3. The zero-order chi connectivity index (χ0) is 9.10. The Bertz CT molecular complexity index is 382. The van der Waals surface area contributed by atoms with Crippen molar-refractivity contribution in [1.82, 2.24) is 15.4 Å². The molecule has 0 fully saturated rings. The smallest absolute Gasteiger partial charge is 0.0963 e. The van der Waals surface area contributed by atoms with E-state index in [1.54, 1.807) is 12.3 Å². The molecule has 4 heteroatoms. The maximum Gasteiger partial charge on any atom is 0.0963 e. The zero-order valence-corrected chi connectivity index (χ0v) is 6.88. The monoisotopic (exact) mass is 172 g/mol. The lowest BCUT2D eigenvalue weighted by atomic mass is 10.1. The third-order valence-corrected chi connectivity index (χ3v) is 1.71. The van der Waals surface area contributed by atoms with Gasteiger partial charge in [0.1, 0.15) is 0 Å². The van der Waals surface area contributed by atoms with Gasteiger partial charge in [0, 0.05) is 11.3 Å². The number of nitrogen functional groups attached to an aromatic ring is 1. The van der Waals surface area contributed by atoms with Crippen molar-refractivity contribution >= 4 is 5.69 Å². The molecule has 0 aliphatic carbocycles. The number of aromatic nitrogens is 3. The van der Waals surface area contributed by atoms with Crippen LogP contribution in [0.15, 0.2) is 36.5 Å². The topological polar surface area (TPSA) is 64.7 Å². The van der Waals surface area contributed by atoms with Crippen LogP contribution in [0, 0.1) is 0 Å². The second kappa shape index (κ2) is 3.18. The van der Waals surface area contributed by atoms with Crippen molar-refractivity contribution in [2.45, 2.75) is 0 Å². The average Bonchev–Trinajstić information content (AvgIpc) is 2.20. The summed E-state index contributed by atoms with van der Waals surface area (Å²) in [5, 5.41) is 11.0. The molecule has 0 amide bonds. The minimum Gasteiger partial charge on any atom is -0.399 e. The fraction of sp³-hybridized carbons (Fsp3) is 0. The van der Waals surface area contributed by atoms with Gasteiger partial charge in [0.05, 0.1) is 11.9 Å². The first kappa shape index (κ1) is 7.67. The summed E-state index contributed by atoms with van der Waals surface area (Å²) in [6.07, 6.45) is 1.61. The molecule has 64 valence electrons. The minimum atomic E-state index is 0.741. The predicted molar refractivity (Wildman–Crippen MR) is 49.7 cm³/mol. The van der Waals surface area contributed by atoms with Crippen molar-refractivity contribution in [3.63, 3.8) is 0 Å². The van der Waals surface area contributed by atoms with Crippen LogP contribution in [0.5, 0.6) is 0 Å². The Morgan fingerprint density at radius 3 is 2.38 bits per heavy atom. The number of rotatable bonds is 1. The van der Waals surface area contributed by atoms with Crippen LogP contribution in [0.2, 0.25) is 0 Å². The SMILES string of the molecule is Nc1ccc(-c2ccnnn2)cc1. The standard InChI is InChI=1S/C9H8N4/c10-8-3-1-7(2-4-8)9-5-6-11-13-12-9/h1-6H,10H2. The molecule has 0 aliphatic rings. The molecule has 0 aliphatic heterocycles. The molecule has 1 aromatic carbocycles. The average molecular weight is 172 g/mol. The van der Waals surface area contributed by atoms with Crippen molar-refractivity contribution in [3.8, 4) is 11.3 Å². The van der Waals surface area contributed by atoms with Crippen molar-refractivity contribution < 1.29 is 0 Å². The normalized spacial score (nSPS) is 9.85. The highest BCUT2D eigenvalue weighted by Gasteiger charge is 1.97. The molecular weight excluding hydrogens is 164 g/mol. The molecular formula is C9H8N4.